The monoisotopic (exact) mass is 183 g/mol. The van der Waals surface area contributed by atoms with E-state index in [2.05, 4.69) is 13.0 Å². The van der Waals surface area contributed by atoms with Crippen LogP contribution < -0.4 is 0 Å². The van der Waals surface area contributed by atoms with Crippen LogP contribution in [0.2, 0.25) is 5.02 Å². The molecule has 0 fully saturated rings. The summed E-state index contributed by atoms with van der Waals surface area (Å²) in [7, 11) is 0. The maximum Gasteiger partial charge on any atom is 0.0449 e. The van der Waals surface area contributed by atoms with Crippen molar-refractivity contribution in [3.63, 3.8) is 0 Å². The lowest BCUT2D eigenvalue weighted by Crippen LogP contribution is -1.83. The summed E-state index contributed by atoms with van der Waals surface area (Å²) in [5.74, 6) is 0. The number of hydrogen-bond acceptors (Lipinski definition) is 1. The molecule has 0 bridgehead atoms. The SMILES string of the molecule is C[C]1Cc2c(Cl)cccc2S1. The predicted octanol–water partition coefficient (Wildman–Crippen LogP) is 3.54. The maximum atomic E-state index is 6.01. The van der Waals surface area contributed by atoms with Gasteiger partial charge in [-0.15, -0.1) is 11.8 Å². The van der Waals surface area contributed by atoms with Gasteiger partial charge >= 0.3 is 0 Å². The highest BCUT2D eigenvalue weighted by atomic mass is 35.5. The molecule has 0 amide bonds. The van der Waals surface area contributed by atoms with E-state index >= 15 is 0 Å². The minimum atomic E-state index is 0.909. The van der Waals surface area contributed by atoms with E-state index in [0.29, 0.717) is 0 Å². The van der Waals surface area contributed by atoms with Crippen molar-refractivity contribution >= 4 is 23.4 Å². The Labute approximate surface area is 75.9 Å². The van der Waals surface area contributed by atoms with Crippen LogP contribution in [-0.4, -0.2) is 0 Å². The Morgan fingerprint density at radius 3 is 3.00 bits per heavy atom. The van der Waals surface area contributed by atoms with Crippen molar-refractivity contribution in [1.82, 2.24) is 0 Å². The summed E-state index contributed by atoms with van der Waals surface area (Å²) in [6.45, 7) is 2.15. The molecule has 57 valence electrons. The third-order valence-electron chi connectivity index (χ3n) is 1.79. The molecule has 0 aliphatic carbocycles. The Kier molecular flexibility index (Phi) is 1.86. The average molecular weight is 184 g/mol. The zero-order valence-electron chi connectivity index (χ0n) is 6.23. The van der Waals surface area contributed by atoms with Crippen molar-refractivity contribution in [2.45, 2.75) is 18.2 Å². The van der Waals surface area contributed by atoms with Gasteiger partial charge in [0.05, 0.1) is 0 Å². The minimum Gasteiger partial charge on any atom is -0.117 e. The van der Waals surface area contributed by atoms with Gasteiger partial charge in [0, 0.05) is 15.2 Å². The van der Waals surface area contributed by atoms with Crippen LogP contribution in [0.4, 0.5) is 0 Å². The third-order valence-corrected chi connectivity index (χ3v) is 3.24. The number of fused-ring (bicyclic) bond motifs is 1. The number of rotatable bonds is 0. The van der Waals surface area contributed by atoms with Crippen LogP contribution in [0.5, 0.6) is 0 Å². The molecule has 0 unspecified atom stereocenters. The Bertz CT molecular complexity index is 283. The second-order valence-corrected chi connectivity index (χ2v) is 4.45. The lowest BCUT2D eigenvalue weighted by molar-refractivity contribution is 1.10. The molecule has 0 saturated carbocycles. The van der Waals surface area contributed by atoms with Gasteiger partial charge in [0.15, 0.2) is 0 Å². The predicted molar refractivity (Wildman–Crippen MR) is 49.9 cm³/mol. The van der Waals surface area contributed by atoms with E-state index in [9.17, 15) is 0 Å². The van der Waals surface area contributed by atoms with E-state index in [4.69, 9.17) is 11.6 Å². The summed E-state index contributed by atoms with van der Waals surface area (Å²) in [5, 5.41) is 2.35. The minimum absolute atomic E-state index is 0.909. The van der Waals surface area contributed by atoms with Gasteiger partial charge in [-0.05, 0) is 31.0 Å². The van der Waals surface area contributed by atoms with E-state index in [0.717, 1.165) is 11.4 Å². The Balaban J connectivity index is 2.49. The molecule has 0 saturated heterocycles. The van der Waals surface area contributed by atoms with Crippen molar-refractivity contribution in [3.05, 3.63) is 34.0 Å². The van der Waals surface area contributed by atoms with Crippen LogP contribution >= 0.6 is 23.4 Å². The molecule has 0 N–H and O–H groups in total. The first-order valence-corrected chi connectivity index (χ1v) is 4.74. The van der Waals surface area contributed by atoms with Crippen LogP contribution in [0.15, 0.2) is 23.1 Å². The highest BCUT2D eigenvalue weighted by molar-refractivity contribution is 8.02. The van der Waals surface area contributed by atoms with Gasteiger partial charge in [-0.2, -0.15) is 0 Å². The van der Waals surface area contributed by atoms with E-state index in [-0.39, 0.29) is 0 Å². The molecule has 0 spiro atoms. The van der Waals surface area contributed by atoms with Gasteiger partial charge in [-0.1, -0.05) is 17.7 Å². The van der Waals surface area contributed by atoms with Crippen molar-refractivity contribution in [1.29, 1.82) is 0 Å². The summed E-state index contributed by atoms with van der Waals surface area (Å²) < 4.78 is 0. The second-order valence-electron chi connectivity index (χ2n) is 2.70. The fourth-order valence-electron chi connectivity index (χ4n) is 1.28. The van der Waals surface area contributed by atoms with Gasteiger partial charge in [0.2, 0.25) is 0 Å². The largest absolute Gasteiger partial charge is 0.117 e. The average Bonchev–Trinajstić information content (AvgIpc) is 2.31. The molecular formula is C9H8ClS. The number of halogens is 1. The summed E-state index contributed by atoms with van der Waals surface area (Å²) in [6.07, 6.45) is 1.04. The van der Waals surface area contributed by atoms with Crippen molar-refractivity contribution in [2.24, 2.45) is 0 Å². The fourth-order valence-corrected chi connectivity index (χ4v) is 2.62. The van der Waals surface area contributed by atoms with Gasteiger partial charge in [-0.25, -0.2) is 0 Å². The molecule has 1 aliphatic rings. The standard InChI is InChI=1S/C9H8ClS/c1-6-5-7-8(10)3-2-4-9(7)11-6/h2-4H,5H2,1H3. The first-order chi connectivity index (χ1) is 5.27. The highest BCUT2D eigenvalue weighted by Crippen LogP contribution is 2.43. The molecule has 1 aromatic rings. The summed E-state index contributed by atoms with van der Waals surface area (Å²) >= 11 is 7.85. The van der Waals surface area contributed by atoms with Gasteiger partial charge in [0.25, 0.3) is 0 Å². The second kappa shape index (κ2) is 2.72. The van der Waals surface area contributed by atoms with E-state index in [1.165, 1.54) is 15.7 Å². The van der Waals surface area contributed by atoms with E-state index < -0.39 is 0 Å². The smallest absolute Gasteiger partial charge is 0.0449 e. The molecular weight excluding hydrogens is 176 g/mol. The molecule has 11 heavy (non-hydrogen) atoms. The molecule has 1 radical (unpaired) electrons. The number of hydrogen-bond donors (Lipinski definition) is 0. The van der Waals surface area contributed by atoms with Crippen molar-refractivity contribution < 1.29 is 0 Å². The topological polar surface area (TPSA) is 0 Å². The van der Waals surface area contributed by atoms with Gasteiger partial charge < -0.3 is 0 Å². The van der Waals surface area contributed by atoms with Crippen LogP contribution in [0.3, 0.4) is 0 Å². The van der Waals surface area contributed by atoms with Crippen LogP contribution in [-0.2, 0) is 6.42 Å². The quantitative estimate of drug-likeness (QED) is 0.593. The molecule has 1 aliphatic heterocycles. The van der Waals surface area contributed by atoms with Crippen LogP contribution in [0.1, 0.15) is 12.5 Å². The zero-order valence-corrected chi connectivity index (χ0v) is 7.80. The fraction of sp³-hybridized carbons (Fsp3) is 0.222. The van der Waals surface area contributed by atoms with E-state index in [1.54, 1.807) is 0 Å². The van der Waals surface area contributed by atoms with Crippen LogP contribution in [0.25, 0.3) is 0 Å². The Hall–Kier alpha value is -0.140. The summed E-state index contributed by atoms with van der Waals surface area (Å²) in [4.78, 5) is 1.33. The van der Waals surface area contributed by atoms with Crippen molar-refractivity contribution in [3.8, 4) is 0 Å². The van der Waals surface area contributed by atoms with Crippen LogP contribution in [0, 0.1) is 5.25 Å². The molecule has 1 aromatic carbocycles. The normalized spacial score (nSPS) is 16.9. The summed E-state index contributed by atoms with van der Waals surface area (Å²) in [5.41, 5.74) is 1.30. The van der Waals surface area contributed by atoms with Gasteiger partial charge in [0.1, 0.15) is 0 Å². The third kappa shape index (κ3) is 1.27. The Morgan fingerprint density at radius 2 is 2.27 bits per heavy atom. The van der Waals surface area contributed by atoms with Gasteiger partial charge in [-0.3, -0.25) is 0 Å². The number of thioether (sulfide) groups is 1. The lowest BCUT2D eigenvalue weighted by Gasteiger charge is -1.97. The first kappa shape index (κ1) is 7.51. The maximum absolute atomic E-state index is 6.01. The molecule has 1 heterocycles. The summed E-state index contributed by atoms with van der Waals surface area (Å²) in [6, 6.07) is 6.09. The van der Waals surface area contributed by atoms with Crippen molar-refractivity contribution in [2.75, 3.05) is 0 Å². The zero-order chi connectivity index (χ0) is 7.84. The first-order valence-electron chi connectivity index (χ1n) is 3.55. The highest BCUT2D eigenvalue weighted by Gasteiger charge is 2.20. The molecule has 0 atom stereocenters. The molecule has 0 nitrogen and oxygen atoms in total. The Morgan fingerprint density at radius 1 is 1.45 bits per heavy atom. The molecule has 2 heteroatoms. The molecule has 2 rings (SSSR count). The molecule has 0 aromatic heterocycles. The van der Waals surface area contributed by atoms with E-state index in [1.807, 2.05) is 23.9 Å². The number of benzene rings is 1. The lowest BCUT2D eigenvalue weighted by atomic mass is 10.1.